The van der Waals surface area contributed by atoms with Crippen molar-refractivity contribution in [2.24, 2.45) is 17.6 Å². The van der Waals surface area contributed by atoms with Crippen LogP contribution in [0.2, 0.25) is 5.28 Å². The van der Waals surface area contributed by atoms with E-state index in [1.54, 1.807) is 55.3 Å². The van der Waals surface area contributed by atoms with E-state index in [2.05, 4.69) is 58.4 Å². The molecule has 0 unspecified atom stereocenters. The lowest BCUT2D eigenvalue weighted by atomic mass is 10.1. The predicted molar refractivity (Wildman–Crippen MR) is 312 cm³/mol. The first-order valence-corrected chi connectivity index (χ1v) is 28.2. The number of aryl methyl sites for hydroxylation is 1. The van der Waals surface area contributed by atoms with E-state index in [1.807, 2.05) is 67.0 Å². The largest absolute Gasteiger partial charge is 0.493 e. The Morgan fingerprint density at radius 2 is 1.27 bits per heavy atom. The molecule has 4 fully saturated rings. The van der Waals surface area contributed by atoms with Crippen molar-refractivity contribution < 1.29 is 38.3 Å². The third-order valence-corrected chi connectivity index (χ3v) is 15.3. The molecule has 436 valence electrons. The molecule has 2 aliphatic carbocycles. The van der Waals surface area contributed by atoms with Gasteiger partial charge in [-0.2, -0.15) is 9.97 Å². The molecule has 1 amide bonds. The van der Waals surface area contributed by atoms with E-state index in [9.17, 15) is 9.90 Å². The van der Waals surface area contributed by atoms with Gasteiger partial charge in [-0.1, -0.05) is 19.3 Å². The van der Waals surface area contributed by atoms with Gasteiger partial charge in [0.05, 0.1) is 90.8 Å². The number of fused-ring (bicyclic) bond motifs is 2. The number of imidazole rings is 2. The van der Waals surface area contributed by atoms with Crippen LogP contribution >= 0.6 is 11.6 Å². The van der Waals surface area contributed by atoms with Crippen LogP contribution in [0.4, 0.5) is 29.2 Å². The van der Waals surface area contributed by atoms with Crippen molar-refractivity contribution in [2.45, 2.75) is 89.3 Å². The molecule has 0 bridgehead atoms. The van der Waals surface area contributed by atoms with Gasteiger partial charge in [-0.25, -0.2) is 19.0 Å². The van der Waals surface area contributed by atoms with Crippen molar-refractivity contribution in [3.63, 3.8) is 0 Å². The molecule has 25 heteroatoms. The van der Waals surface area contributed by atoms with E-state index in [-0.39, 0.29) is 29.9 Å². The summed E-state index contributed by atoms with van der Waals surface area (Å²) < 4.78 is 40.4. The average Bonchev–Trinajstić information content (AvgIpc) is 4.14. The molecule has 0 spiro atoms. The Kier molecular flexibility index (Phi) is 18.3. The molecule has 2 aromatic carbocycles. The summed E-state index contributed by atoms with van der Waals surface area (Å²) in [5, 5.41) is 32.6. The fourth-order valence-electron chi connectivity index (χ4n) is 10.3. The van der Waals surface area contributed by atoms with Gasteiger partial charge in [-0.3, -0.25) is 4.79 Å². The van der Waals surface area contributed by atoms with Crippen LogP contribution in [0.25, 0.3) is 22.4 Å². The van der Waals surface area contributed by atoms with Crippen LogP contribution < -0.4 is 60.3 Å². The summed E-state index contributed by atoms with van der Waals surface area (Å²) in [6.45, 7) is 3.59. The van der Waals surface area contributed by atoms with Gasteiger partial charge in [0, 0.05) is 43.0 Å². The normalized spacial score (nSPS) is 16.6. The number of carbonyl (C=O) groups excluding carboxylic acids is 1. The summed E-state index contributed by atoms with van der Waals surface area (Å²) >= 11 is 6.24. The minimum absolute atomic E-state index is 0.0263. The third-order valence-electron chi connectivity index (χ3n) is 15.1. The molecule has 2 saturated heterocycles. The fraction of sp³-hybridized carbons (Fsp3) is 0.456. The number of carbonyl (C=O) groups is 1. The van der Waals surface area contributed by atoms with Gasteiger partial charge in [0.2, 0.25) is 28.6 Å². The van der Waals surface area contributed by atoms with Crippen molar-refractivity contribution in [1.29, 1.82) is 0 Å². The minimum Gasteiger partial charge on any atom is -0.493 e. The lowest BCUT2D eigenvalue weighted by molar-refractivity contribution is -0.119. The van der Waals surface area contributed by atoms with E-state index < -0.39 is 0 Å². The van der Waals surface area contributed by atoms with Gasteiger partial charge < -0.3 is 74.6 Å². The number of nitrogens with zero attached hydrogens (tertiary/aromatic N) is 11. The molecule has 24 nitrogen and oxygen atoms in total. The Morgan fingerprint density at radius 3 is 1.77 bits per heavy atom. The Balaban J connectivity index is 0.000000163. The Bertz CT molecular complexity index is 3410. The molecule has 7 N–H and O–H groups in total. The quantitative estimate of drug-likeness (QED) is 0.0363. The second-order valence-corrected chi connectivity index (χ2v) is 21.1. The number of primary amides is 1. The number of aliphatic hydroxyl groups excluding tert-OH is 1. The Labute approximate surface area is 480 Å². The highest BCUT2D eigenvalue weighted by Gasteiger charge is 2.29. The number of nitrogens with two attached hydrogens (primary N) is 1. The smallest absolute Gasteiger partial charge is 0.245 e. The summed E-state index contributed by atoms with van der Waals surface area (Å²) in [5.41, 5.74) is 10.5. The number of methoxy groups -OCH3 is 6. The van der Waals surface area contributed by atoms with Crippen molar-refractivity contribution in [1.82, 2.24) is 58.9 Å². The predicted octanol–water partition coefficient (Wildman–Crippen LogP) is 7.44. The SMILES string of the molecule is COc1cc(-n2cnc(Nc3nc(Cl)nn4c(CNCC5CC5)ccc34)c2)cc(OC)c1OC.COc1cc(-n2cnc(Nc3nc(N4CCC[C@H]4CO)nn4c(CCCC5CC5)ccc34)c2)cc(OC)c1OC.NC(=O)[C@@H]1CCCN1. The molecule has 8 heterocycles. The molecule has 2 atom stereocenters. The van der Waals surface area contributed by atoms with E-state index in [0.29, 0.717) is 70.3 Å². The second-order valence-electron chi connectivity index (χ2n) is 20.7. The highest BCUT2D eigenvalue weighted by molar-refractivity contribution is 6.28. The van der Waals surface area contributed by atoms with Gasteiger partial charge in [0.1, 0.15) is 35.3 Å². The Hall–Kier alpha value is -8.06. The first kappa shape index (κ1) is 57.2. The van der Waals surface area contributed by atoms with Crippen molar-refractivity contribution in [2.75, 3.05) is 84.4 Å². The zero-order chi connectivity index (χ0) is 57.3. The maximum atomic E-state index is 10.4. The number of amides is 1. The van der Waals surface area contributed by atoms with Crippen molar-refractivity contribution in [3.8, 4) is 45.9 Å². The maximum absolute atomic E-state index is 10.4. The maximum Gasteiger partial charge on any atom is 0.245 e. The molecule has 2 aliphatic heterocycles. The van der Waals surface area contributed by atoms with Gasteiger partial charge >= 0.3 is 0 Å². The minimum atomic E-state index is -0.220. The summed E-state index contributed by atoms with van der Waals surface area (Å²) in [5.74, 6) is 7.90. The summed E-state index contributed by atoms with van der Waals surface area (Å²) in [6, 6.07) is 15.6. The van der Waals surface area contributed by atoms with E-state index in [4.69, 9.17) is 55.8 Å². The van der Waals surface area contributed by atoms with Gasteiger partial charge in [0.25, 0.3) is 0 Å². The van der Waals surface area contributed by atoms with Gasteiger partial charge in [-0.05, 0) is 112 Å². The number of nitrogens with one attached hydrogen (secondary N) is 4. The first-order chi connectivity index (χ1) is 40.0. The zero-order valence-electron chi connectivity index (χ0n) is 47.2. The highest BCUT2D eigenvalue weighted by atomic mass is 35.5. The molecule has 2 saturated carbocycles. The van der Waals surface area contributed by atoms with E-state index in [0.717, 1.165) is 98.1 Å². The van der Waals surface area contributed by atoms with Gasteiger partial charge in [-0.15, -0.1) is 10.2 Å². The van der Waals surface area contributed by atoms with Crippen molar-refractivity contribution >= 4 is 57.8 Å². The molecule has 0 radical (unpaired) electrons. The summed E-state index contributed by atoms with van der Waals surface area (Å²) in [6.07, 6.45) is 19.8. The van der Waals surface area contributed by atoms with E-state index >= 15 is 0 Å². The molecule has 4 aliphatic rings. The molecule has 8 aromatic rings. The number of anilines is 5. The number of hydrogen-bond acceptors (Lipinski definition) is 19. The molecule has 82 heavy (non-hydrogen) atoms. The van der Waals surface area contributed by atoms with Crippen LogP contribution in [0.5, 0.6) is 34.5 Å². The summed E-state index contributed by atoms with van der Waals surface area (Å²) in [7, 11) is 9.52. The first-order valence-electron chi connectivity index (χ1n) is 27.8. The van der Waals surface area contributed by atoms with Crippen LogP contribution in [-0.4, -0.2) is 140 Å². The highest BCUT2D eigenvalue weighted by Crippen LogP contribution is 2.41. The van der Waals surface area contributed by atoms with Crippen LogP contribution in [0, 0.1) is 11.8 Å². The van der Waals surface area contributed by atoms with Crippen LogP contribution in [0.1, 0.15) is 75.6 Å². The number of ether oxygens (including phenoxy) is 6. The number of aromatic nitrogens is 10. The zero-order valence-corrected chi connectivity index (χ0v) is 48.0. The summed E-state index contributed by atoms with van der Waals surface area (Å²) in [4.78, 5) is 30.9. The monoisotopic (exact) mass is 1140 g/mol. The van der Waals surface area contributed by atoms with Crippen LogP contribution in [-0.2, 0) is 17.8 Å². The standard InChI is InChI=1S/C29H37N7O4.C23H26ClN7O3.C5H10N2O/c1-38-24-14-22(15-25(39-2)27(24)40-3)34-16-26(30-18-34)31-28-23-12-11-20(7-4-6-19-9-10-19)36(23)33-29(32-28)35-13-5-8-21(35)17-37;1-32-18-8-16(9-19(33-2)21(18)34-3)30-12-20(26-13-30)27-22-17-7-6-15(11-25-10-14-4-5-14)31(17)29-23(24)28-22;6-5(8)4-2-1-3-7-4/h11-12,14-16,18-19,21,37H,4-10,13,17H2,1-3H3,(H,31,32,33);6-9,12-14,25H,4-5,10-11H2,1-3H3,(H,27,28,29);4,7H,1-3H2,(H2,6,8)/t21-;;4-/m0.0/s1. The third kappa shape index (κ3) is 13.3. The number of benzene rings is 2. The fourth-order valence-corrected chi connectivity index (χ4v) is 10.5. The molecular weight excluding hydrogens is 1070 g/mol. The lowest BCUT2D eigenvalue weighted by Gasteiger charge is -2.23. The van der Waals surface area contributed by atoms with Gasteiger partial charge in [0.15, 0.2) is 34.6 Å². The Morgan fingerprint density at radius 1 is 0.707 bits per heavy atom. The molecule has 6 aromatic heterocycles. The lowest BCUT2D eigenvalue weighted by Crippen LogP contribution is -2.36. The molecule has 12 rings (SSSR count). The van der Waals surface area contributed by atoms with Crippen LogP contribution in [0.3, 0.4) is 0 Å². The van der Waals surface area contributed by atoms with Crippen molar-refractivity contribution in [3.05, 3.63) is 90.3 Å². The average molecular weight is 1150 g/mol. The number of aliphatic hydroxyl groups is 1. The number of rotatable bonds is 23. The van der Waals surface area contributed by atoms with Crippen LogP contribution in [0.15, 0.2) is 73.6 Å². The second kappa shape index (κ2) is 26.2. The number of halogens is 1. The van der Waals surface area contributed by atoms with E-state index in [1.165, 1.54) is 37.8 Å². The molecular formula is C57H73ClN16O8. The number of hydrogen-bond donors (Lipinski definition) is 6. The topological polar surface area (TPSA) is 266 Å².